The fraction of sp³-hybridized carbons (Fsp3) is 0.381. The molecule has 6 heterocycles. The SMILES string of the molecule is CC(C)CCCC(=O)Cc1sc2c(c1-c1nc3cc(C(=O)Nc4ccccc4)ccc3s1)CCN(C(=O)OC(C)(C)C)C2.CC(C)CCCC(=O)Cc1sc2c(c1-c1nc3cc(C(=O)Nc4ccccc4)ccc3s1)CCNC2. The minimum absolute atomic E-state index is 0.149. The van der Waals surface area contributed by atoms with Crippen LogP contribution < -0.4 is 16.0 Å². The molecule has 16 heteroatoms. The zero-order chi connectivity index (χ0) is 55.8. The van der Waals surface area contributed by atoms with Crippen molar-refractivity contribution >= 4 is 107 Å². The Labute approximate surface area is 479 Å². The first-order chi connectivity index (χ1) is 37.9. The summed E-state index contributed by atoms with van der Waals surface area (Å²) in [5.74, 6) is 1.39. The molecule has 0 saturated heterocycles. The highest BCUT2D eigenvalue weighted by atomic mass is 32.1. The summed E-state index contributed by atoms with van der Waals surface area (Å²) in [6.07, 6.45) is 7.29. The zero-order valence-corrected chi connectivity index (χ0v) is 49.5. The molecule has 2 aliphatic heterocycles. The Morgan fingerprint density at radius 3 is 1.59 bits per heavy atom. The van der Waals surface area contributed by atoms with Gasteiger partial charge in [0.1, 0.15) is 27.2 Å². The van der Waals surface area contributed by atoms with Gasteiger partial charge in [0.2, 0.25) is 0 Å². The van der Waals surface area contributed by atoms with Crippen molar-refractivity contribution in [2.24, 2.45) is 11.8 Å². The predicted molar refractivity (Wildman–Crippen MR) is 325 cm³/mol. The average molecular weight is 1140 g/mol. The molecule has 0 fully saturated rings. The minimum atomic E-state index is -0.566. The quantitative estimate of drug-likeness (QED) is 0.0760. The number of nitrogens with zero attached hydrogens (tertiary/aromatic N) is 3. The number of carbonyl (C=O) groups is 5. The van der Waals surface area contributed by atoms with E-state index in [1.807, 2.05) is 118 Å². The van der Waals surface area contributed by atoms with Crippen LogP contribution in [0.25, 0.3) is 41.6 Å². The number of para-hydroxylation sites is 2. The highest BCUT2D eigenvalue weighted by Gasteiger charge is 2.32. The minimum Gasteiger partial charge on any atom is -0.444 e. The third-order valence-electron chi connectivity index (χ3n) is 13.8. The molecule has 4 aromatic heterocycles. The van der Waals surface area contributed by atoms with E-state index in [2.05, 4.69) is 43.6 Å². The third-order valence-corrected chi connectivity index (χ3v) is 18.3. The zero-order valence-electron chi connectivity index (χ0n) is 46.2. The van der Waals surface area contributed by atoms with Crippen molar-refractivity contribution in [1.82, 2.24) is 20.2 Å². The number of amides is 3. The van der Waals surface area contributed by atoms with E-state index in [0.29, 0.717) is 73.9 Å². The molecule has 0 radical (unpaired) electrons. The molecule has 412 valence electrons. The second-order valence-electron chi connectivity index (χ2n) is 22.2. The summed E-state index contributed by atoms with van der Waals surface area (Å²) in [7, 11) is 0. The number of aromatic nitrogens is 2. The molecule has 0 saturated carbocycles. The second-order valence-corrected chi connectivity index (χ2v) is 26.7. The van der Waals surface area contributed by atoms with Gasteiger partial charge in [0.05, 0.1) is 27.0 Å². The topological polar surface area (TPSA) is 160 Å². The third kappa shape index (κ3) is 14.9. The molecule has 12 nitrogen and oxygen atoms in total. The summed E-state index contributed by atoms with van der Waals surface area (Å²) in [6, 6.07) is 30.1. The van der Waals surface area contributed by atoms with E-state index in [0.717, 1.165) is 118 Å². The van der Waals surface area contributed by atoms with Gasteiger partial charge in [-0.1, -0.05) is 76.9 Å². The number of benzene rings is 4. The van der Waals surface area contributed by atoms with Crippen LogP contribution >= 0.6 is 45.3 Å². The first-order valence-corrected chi connectivity index (χ1v) is 30.7. The number of Topliss-reactive ketones (excluding diaryl/α,β-unsaturated/α-hetero) is 2. The van der Waals surface area contributed by atoms with Crippen molar-refractivity contribution in [3.8, 4) is 21.1 Å². The Kier molecular flexibility index (Phi) is 18.7. The second kappa shape index (κ2) is 25.8. The lowest BCUT2D eigenvalue weighted by molar-refractivity contribution is -0.119. The maximum Gasteiger partial charge on any atom is 0.410 e. The molecule has 2 aliphatic rings. The van der Waals surface area contributed by atoms with Crippen LogP contribution in [-0.4, -0.2) is 63.0 Å². The summed E-state index contributed by atoms with van der Waals surface area (Å²) in [4.78, 5) is 80.9. The highest BCUT2D eigenvalue weighted by Crippen LogP contribution is 2.45. The first kappa shape index (κ1) is 57.3. The van der Waals surface area contributed by atoms with Crippen molar-refractivity contribution in [2.75, 3.05) is 23.7 Å². The number of rotatable bonds is 18. The van der Waals surface area contributed by atoms with Gasteiger partial charge in [-0.25, -0.2) is 14.8 Å². The van der Waals surface area contributed by atoms with Gasteiger partial charge >= 0.3 is 6.09 Å². The maximum absolute atomic E-state index is 13.1. The van der Waals surface area contributed by atoms with Crippen molar-refractivity contribution in [3.63, 3.8) is 0 Å². The van der Waals surface area contributed by atoms with Crippen molar-refractivity contribution in [3.05, 3.63) is 139 Å². The van der Waals surface area contributed by atoms with E-state index < -0.39 is 5.60 Å². The molecule has 0 unspecified atom stereocenters. The fourth-order valence-electron chi connectivity index (χ4n) is 9.83. The number of fused-ring (bicyclic) bond motifs is 4. The Bertz CT molecular complexity index is 3480. The molecule has 0 aliphatic carbocycles. The molecule has 0 bridgehead atoms. The van der Waals surface area contributed by atoms with Crippen LogP contribution in [0, 0.1) is 11.8 Å². The number of anilines is 2. The van der Waals surface area contributed by atoms with Gasteiger partial charge in [-0.15, -0.1) is 45.3 Å². The maximum atomic E-state index is 13.1. The van der Waals surface area contributed by atoms with Crippen LogP contribution in [0.2, 0.25) is 0 Å². The summed E-state index contributed by atoms with van der Waals surface area (Å²) >= 11 is 6.60. The van der Waals surface area contributed by atoms with Gasteiger partial charge in [-0.2, -0.15) is 0 Å². The number of carbonyl (C=O) groups excluding carboxylic acids is 5. The highest BCUT2D eigenvalue weighted by molar-refractivity contribution is 7.22. The van der Waals surface area contributed by atoms with Crippen LogP contribution in [-0.2, 0) is 53.1 Å². The molecule has 0 spiro atoms. The molecule has 4 aromatic carbocycles. The summed E-state index contributed by atoms with van der Waals surface area (Å²) in [6.45, 7) is 17.2. The number of thiazole rings is 2. The van der Waals surface area contributed by atoms with Gasteiger partial charge in [0, 0.05) is 91.9 Å². The molecular weight excluding hydrogens is 1060 g/mol. The number of nitrogens with one attached hydrogen (secondary N) is 3. The largest absolute Gasteiger partial charge is 0.444 e. The molecule has 79 heavy (non-hydrogen) atoms. The average Bonchev–Trinajstić information content (AvgIpc) is 4.27. The predicted octanol–water partition coefficient (Wildman–Crippen LogP) is 15.4. The van der Waals surface area contributed by atoms with Crippen LogP contribution in [0.1, 0.15) is 138 Å². The van der Waals surface area contributed by atoms with Crippen LogP contribution in [0.5, 0.6) is 0 Å². The molecular formula is C63H70N6O6S4. The lowest BCUT2D eigenvalue weighted by atomic mass is 9.99. The monoisotopic (exact) mass is 1130 g/mol. The number of ketones is 2. The lowest BCUT2D eigenvalue weighted by Gasteiger charge is -2.30. The summed E-state index contributed by atoms with van der Waals surface area (Å²) in [5, 5.41) is 11.2. The van der Waals surface area contributed by atoms with Gasteiger partial charge in [-0.3, -0.25) is 19.2 Å². The summed E-state index contributed by atoms with van der Waals surface area (Å²) < 4.78 is 7.67. The molecule has 3 amide bonds. The van der Waals surface area contributed by atoms with Crippen LogP contribution in [0.4, 0.5) is 16.2 Å². The Morgan fingerprint density at radius 2 is 1.11 bits per heavy atom. The van der Waals surface area contributed by atoms with Crippen LogP contribution in [0.15, 0.2) is 97.1 Å². The van der Waals surface area contributed by atoms with Gasteiger partial charge < -0.3 is 25.6 Å². The lowest BCUT2D eigenvalue weighted by Crippen LogP contribution is -2.39. The van der Waals surface area contributed by atoms with E-state index in [1.54, 1.807) is 50.2 Å². The first-order valence-electron chi connectivity index (χ1n) is 27.5. The number of hydrogen-bond acceptors (Lipinski definition) is 13. The van der Waals surface area contributed by atoms with Gasteiger partial charge in [0.25, 0.3) is 11.8 Å². The fourth-order valence-corrected chi connectivity index (χ4v) is 14.8. The van der Waals surface area contributed by atoms with E-state index in [9.17, 15) is 24.0 Å². The Hall–Kier alpha value is -6.43. The smallest absolute Gasteiger partial charge is 0.410 e. The van der Waals surface area contributed by atoms with Crippen molar-refractivity contribution < 1.29 is 28.7 Å². The Balaban J connectivity index is 0.000000195. The van der Waals surface area contributed by atoms with E-state index >= 15 is 0 Å². The van der Waals surface area contributed by atoms with E-state index in [1.165, 1.54) is 10.4 Å². The Morgan fingerprint density at radius 1 is 0.633 bits per heavy atom. The number of ether oxygens (including phenoxy) is 1. The van der Waals surface area contributed by atoms with Gasteiger partial charge in [0.15, 0.2) is 0 Å². The molecule has 10 rings (SSSR count). The molecule has 8 aromatic rings. The molecule has 3 N–H and O–H groups in total. The van der Waals surface area contributed by atoms with E-state index in [4.69, 9.17) is 14.7 Å². The van der Waals surface area contributed by atoms with E-state index in [-0.39, 0.29) is 23.7 Å². The van der Waals surface area contributed by atoms with Gasteiger partial charge in [-0.05, 0) is 137 Å². The van der Waals surface area contributed by atoms with Crippen LogP contribution in [0.3, 0.4) is 0 Å². The number of hydrogen-bond donors (Lipinski definition) is 3. The standard InChI is InChI=1S/C34H39N3O4S2.C29H31N3O2S2/c1-21(2)10-9-13-24(38)19-28-30(25-16-17-37(20-29(25)42-28)33(40)41-34(3,4)5)32-36-26-18-22(14-15-27(26)43-32)31(39)35-23-11-7-6-8-12-23;1-18(2)7-6-10-21(33)16-25-27(22-13-14-30-17-26(22)35-25)29-32-23-15-19(11-12-24(23)36-29)28(34)31-20-8-4-3-5-9-20/h6-8,11-12,14-15,18,21H,9-10,13,16-17,19-20H2,1-5H3,(H,35,39);3-5,8-9,11-12,15,18,30H,6-7,10,13-14,16-17H2,1-2H3,(H,31,34). The normalized spacial score (nSPS) is 13.3. The summed E-state index contributed by atoms with van der Waals surface area (Å²) in [5.41, 5.74) is 8.31. The molecule has 0 atom stereocenters. The van der Waals surface area contributed by atoms with Crippen molar-refractivity contribution in [2.45, 2.75) is 131 Å². The number of thiophene rings is 2. The van der Waals surface area contributed by atoms with Crippen molar-refractivity contribution in [1.29, 1.82) is 0 Å².